The second-order valence-corrected chi connectivity index (χ2v) is 3.75. The van der Waals surface area contributed by atoms with Gasteiger partial charge < -0.3 is 10.8 Å². The predicted octanol–water partition coefficient (Wildman–Crippen LogP) is 0.385. The molecule has 5 nitrogen and oxygen atoms in total. The summed E-state index contributed by atoms with van der Waals surface area (Å²) in [5.41, 5.74) is 5.21. The summed E-state index contributed by atoms with van der Waals surface area (Å²) < 4.78 is 4.25. The molecule has 1 rings (SSSR count). The molecule has 7 heteroatoms. The number of carboxylic acids is 1. The van der Waals surface area contributed by atoms with E-state index in [1.165, 1.54) is 0 Å². The summed E-state index contributed by atoms with van der Waals surface area (Å²) in [5.74, 6) is -0.996. The van der Waals surface area contributed by atoms with Crippen LogP contribution < -0.4 is 5.73 Å². The lowest BCUT2D eigenvalue weighted by Crippen LogP contribution is -2.21. The number of carbonyl (C=O) groups is 1. The second-order valence-electron chi connectivity index (χ2n) is 1.72. The Kier molecular flexibility index (Phi) is 2.53. The molecule has 3 N–H and O–H groups in total. The first-order valence-corrected chi connectivity index (χ1v) is 4.15. The van der Waals surface area contributed by atoms with Crippen LogP contribution in [0.25, 0.3) is 0 Å². The van der Waals surface area contributed by atoms with Gasteiger partial charge in [0.1, 0.15) is 0 Å². The van der Waals surface area contributed by atoms with Gasteiger partial charge in [0.05, 0.1) is 0 Å². The summed E-state index contributed by atoms with van der Waals surface area (Å²) in [4.78, 5) is 14.0. The third-order valence-corrected chi connectivity index (χ3v) is 2.09. The van der Waals surface area contributed by atoms with Gasteiger partial charge in [0.2, 0.25) is 0 Å². The van der Waals surface area contributed by atoms with E-state index >= 15 is 0 Å². The molecular formula is C4H4BrN3O2S. The Morgan fingerprint density at radius 3 is 2.82 bits per heavy atom. The largest absolute Gasteiger partial charge is 0.480 e. The van der Waals surface area contributed by atoms with E-state index in [-0.39, 0.29) is 5.82 Å². The van der Waals surface area contributed by atoms with Crippen molar-refractivity contribution in [1.29, 1.82) is 0 Å². The lowest BCUT2D eigenvalue weighted by Gasteiger charge is -1.97. The van der Waals surface area contributed by atoms with E-state index < -0.39 is 12.0 Å². The van der Waals surface area contributed by atoms with Crippen LogP contribution in [0.4, 0.5) is 0 Å². The maximum atomic E-state index is 10.3. The van der Waals surface area contributed by atoms with Gasteiger partial charge in [-0.1, -0.05) is 0 Å². The molecule has 0 radical (unpaired) electrons. The van der Waals surface area contributed by atoms with Crippen molar-refractivity contribution in [3.05, 3.63) is 9.74 Å². The maximum Gasteiger partial charge on any atom is 0.328 e. The molecule has 0 saturated carbocycles. The average Bonchev–Trinajstić information content (AvgIpc) is 2.34. The first-order chi connectivity index (χ1) is 5.11. The zero-order chi connectivity index (χ0) is 8.43. The van der Waals surface area contributed by atoms with E-state index in [1.807, 2.05) is 0 Å². The molecule has 1 atom stereocenters. The van der Waals surface area contributed by atoms with Gasteiger partial charge in [-0.15, -0.1) is 0 Å². The molecule has 0 aromatic carbocycles. The fourth-order valence-electron chi connectivity index (χ4n) is 0.452. The van der Waals surface area contributed by atoms with Gasteiger partial charge >= 0.3 is 5.97 Å². The van der Waals surface area contributed by atoms with Gasteiger partial charge in [0, 0.05) is 0 Å². The van der Waals surface area contributed by atoms with Gasteiger partial charge in [-0.2, -0.15) is 4.37 Å². The van der Waals surface area contributed by atoms with Gasteiger partial charge in [0.25, 0.3) is 0 Å². The summed E-state index contributed by atoms with van der Waals surface area (Å²) in [6.45, 7) is 0. The molecule has 60 valence electrons. The van der Waals surface area contributed by atoms with Gasteiger partial charge in [-0.05, 0) is 27.5 Å². The van der Waals surface area contributed by atoms with Crippen LogP contribution in [0.1, 0.15) is 11.9 Å². The molecule has 0 amide bonds. The van der Waals surface area contributed by atoms with E-state index in [0.717, 1.165) is 11.5 Å². The lowest BCUT2D eigenvalue weighted by atomic mass is 10.3. The van der Waals surface area contributed by atoms with Crippen molar-refractivity contribution >= 4 is 33.4 Å². The summed E-state index contributed by atoms with van der Waals surface area (Å²) in [5, 5.41) is 8.43. The van der Waals surface area contributed by atoms with Crippen molar-refractivity contribution in [3.63, 3.8) is 0 Å². The highest BCUT2D eigenvalue weighted by molar-refractivity contribution is 9.11. The van der Waals surface area contributed by atoms with E-state index in [4.69, 9.17) is 10.8 Å². The second kappa shape index (κ2) is 3.24. The molecule has 0 saturated heterocycles. The molecule has 1 heterocycles. The van der Waals surface area contributed by atoms with Crippen LogP contribution in [0.5, 0.6) is 0 Å². The molecule has 1 unspecified atom stereocenters. The maximum absolute atomic E-state index is 10.3. The van der Waals surface area contributed by atoms with Crippen LogP contribution in [0.2, 0.25) is 0 Å². The minimum Gasteiger partial charge on any atom is -0.480 e. The van der Waals surface area contributed by atoms with Crippen LogP contribution in [-0.2, 0) is 4.79 Å². The van der Waals surface area contributed by atoms with E-state index in [2.05, 4.69) is 25.3 Å². The minimum atomic E-state index is -1.13. The smallest absolute Gasteiger partial charge is 0.328 e. The standard InChI is InChI=1S/C4H4BrN3O2S/c5-4-7-2(8-11-4)1(6)3(9)10/h1H,6H2,(H,9,10). The van der Waals surface area contributed by atoms with Crippen LogP contribution >= 0.6 is 27.5 Å². The van der Waals surface area contributed by atoms with E-state index in [0.29, 0.717) is 3.92 Å². The van der Waals surface area contributed by atoms with Crippen molar-refractivity contribution in [1.82, 2.24) is 9.36 Å². The Labute approximate surface area is 74.5 Å². The van der Waals surface area contributed by atoms with E-state index in [9.17, 15) is 4.79 Å². The lowest BCUT2D eigenvalue weighted by molar-refractivity contribution is -0.138. The van der Waals surface area contributed by atoms with Crippen LogP contribution in [0.3, 0.4) is 0 Å². The first kappa shape index (κ1) is 8.57. The number of rotatable bonds is 2. The molecule has 0 aliphatic heterocycles. The Bertz CT molecular complexity index is 276. The SMILES string of the molecule is NC(C(=O)O)c1nsc(Br)n1. The van der Waals surface area contributed by atoms with Gasteiger partial charge in [-0.25, -0.2) is 4.98 Å². The summed E-state index contributed by atoms with van der Waals surface area (Å²) in [6.07, 6.45) is 0. The van der Waals surface area contributed by atoms with Gasteiger partial charge in [-0.3, -0.25) is 4.79 Å². The molecular weight excluding hydrogens is 234 g/mol. The fraction of sp³-hybridized carbons (Fsp3) is 0.250. The number of aliphatic carboxylic acids is 1. The molecule has 0 fully saturated rings. The zero-order valence-corrected chi connectivity index (χ0v) is 7.59. The predicted molar refractivity (Wildman–Crippen MR) is 42.2 cm³/mol. The number of nitrogens with two attached hydrogens (primary N) is 1. The number of carboxylic acid groups (broad SMARTS) is 1. The quantitative estimate of drug-likeness (QED) is 0.777. The molecule has 0 aliphatic carbocycles. The Morgan fingerprint density at radius 1 is 1.82 bits per heavy atom. The highest BCUT2D eigenvalue weighted by atomic mass is 79.9. The van der Waals surface area contributed by atoms with Gasteiger partial charge in [0.15, 0.2) is 15.8 Å². The monoisotopic (exact) mass is 237 g/mol. The van der Waals surface area contributed by atoms with Crippen molar-refractivity contribution in [2.45, 2.75) is 6.04 Å². The Morgan fingerprint density at radius 2 is 2.45 bits per heavy atom. The molecule has 1 aromatic heterocycles. The van der Waals surface area contributed by atoms with Crippen molar-refractivity contribution in [3.8, 4) is 0 Å². The normalized spacial score (nSPS) is 12.9. The summed E-state index contributed by atoms with van der Waals surface area (Å²) in [7, 11) is 0. The average molecular weight is 238 g/mol. The Balaban J connectivity index is 2.84. The third kappa shape index (κ3) is 1.95. The Hall–Kier alpha value is -0.530. The number of hydrogen-bond acceptors (Lipinski definition) is 5. The summed E-state index contributed by atoms with van der Waals surface area (Å²) >= 11 is 4.11. The van der Waals surface area contributed by atoms with Crippen molar-refractivity contribution < 1.29 is 9.90 Å². The molecule has 1 aromatic rings. The number of aromatic nitrogens is 2. The zero-order valence-electron chi connectivity index (χ0n) is 5.19. The fourth-order valence-corrected chi connectivity index (χ4v) is 1.31. The third-order valence-electron chi connectivity index (χ3n) is 0.961. The van der Waals surface area contributed by atoms with Crippen LogP contribution in [0.15, 0.2) is 3.92 Å². The number of hydrogen-bond donors (Lipinski definition) is 2. The highest BCUT2D eigenvalue weighted by Crippen LogP contribution is 2.15. The van der Waals surface area contributed by atoms with Crippen LogP contribution in [0, 0.1) is 0 Å². The first-order valence-electron chi connectivity index (χ1n) is 2.58. The number of nitrogens with zero attached hydrogens (tertiary/aromatic N) is 2. The minimum absolute atomic E-state index is 0.134. The summed E-state index contributed by atoms with van der Waals surface area (Å²) in [6, 6.07) is -1.13. The topological polar surface area (TPSA) is 89.1 Å². The van der Waals surface area contributed by atoms with Crippen LogP contribution in [-0.4, -0.2) is 20.4 Å². The number of halogens is 1. The highest BCUT2D eigenvalue weighted by Gasteiger charge is 2.18. The molecule has 0 aliphatic rings. The van der Waals surface area contributed by atoms with Crippen molar-refractivity contribution in [2.75, 3.05) is 0 Å². The van der Waals surface area contributed by atoms with Crippen molar-refractivity contribution in [2.24, 2.45) is 5.73 Å². The molecule has 0 spiro atoms. The molecule has 11 heavy (non-hydrogen) atoms. The molecule has 0 bridgehead atoms. The van der Waals surface area contributed by atoms with E-state index in [1.54, 1.807) is 0 Å².